The first-order valence-electron chi connectivity index (χ1n) is 7.72. The van der Waals surface area contributed by atoms with Gasteiger partial charge in [-0.1, -0.05) is 0 Å². The molecule has 2 aromatic heterocycles. The maximum atomic E-state index is 12.5. The van der Waals surface area contributed by atoms with Gasteiger partial charge in [-0.05, 0) is 6.92 Å². The van der Waals surface area contributed by atoms with Crippen LogP contribution in [0.4, 0.5) is 5.69 Å². The Balaban J connectivity index is 1.60. The number of carbonyl (C=O) groups is 1. The van der Waals surface area contributed by atoms with Crippen molar-refractivity contribution in [3.63, 3.8) is 0 Å². The van der Waals surface area contributed by atoms with Gasteiger partial charge in [0, 0.05) is 44.5 Å². The lowest BCUT2D eigenvalue weighted by molar-refractivity contribution is -0.120. The number of piperazine rings is 1. The number of anilines is 1. The average Bonchev–Trinajstić information content (AvgIpc) is 3.16. The van der Waals surface area contributed by atoms with E-state index in [0.29, 0.717) is 19.6 Å². The van der Waals surface area contributed by atoms with E-state index in [1.807, 2.05) is 30.4 Å². The Kier molecular flexibility index (Phi) is 4.79. The Morgan fingerprint density at radius 2 is 2.29 bits per heavy atom. The highest BCUT2D eigenvalue weighted by molar-refractivity contribution is 7.09. The van der Waals surface area contributed by atoms with E-state index < -0.39 is 0 Å². The first-order valence-corrected chi connectivity index (χ1v) is 8.60. The third-order valence-electron chi connectivity index (χ3n) is 3.80. The minimum Gasteiger partial charge on any atom is -0.350 e. The summed E-state index contributed by atoms with van der Waals surface area (Å²) in [5.74, 6) is 0.768. The summed E-state index contributed by atoms with van der Waals surface area (Å²) in [5, 5.41) is 10.4. The Hall–Kier alpha value is -2.42. The lowest BCUT2D eigenvalue weighted by Gasteiger charge is -2.35. The molecule has 0 radical (unpaired) electrons. The molecule has 9 heteroatoms. The zero-order valence-corrected chi connectivity index (χ0v) is 14.9. The van der Waals surface area contributed by atoms with Gasteiger partial charge >= 0.3 is 0 Å². The van der Waals surface area contributed by atoms with Crippen molar-refractivity contribution in [3.05, 3.63) is 28.5 Å². The number of nitrogens with zero attached hydrogens (tertiary/aromatic N) is 6. The van der Waals surface area contributed by atoms with Crippen molar-refractivity contribution < 1.29 is 4.79 Å². The Labute approximate surface area is 144 Å². The summed E-state index contributed by atoms with van der Waals surface area (Å²) in [6.45, 7) is 4.22. The molecule has 0 atom stereocenters. The fourth-order valence-electron chi connectivity index (χ4n) is 2.65. The second-order valence-corrected chi connectivity index (χ2v) is 6.57. The first-order chi connectivity index (χ1) is 11.6. The lowest BCUT2D eigenvalue weighted by Crippen LogP contribution is -2.55. The molecule has 0 unspecified atom stereocenters. The molecule has 0 aromatic carbocycles. The number of carbonyl (C=O) groups excluding carboxylic acids is 1. The van der Waals surface area contributed by atoms with Gasteiger partial charge in [0.2, 0.25) is 5.91 Å². The number of thiazole rings is 1. The Morgan fingerprint density at radius 3 is 2.88 bits per heavy atom. The fraction of sp³-hybridized carbons (Fsp3) is 0.467. The maximum absolute atomic E-state index is 12.5. The van der Waals surface area contributed by atoms with Crippen molar-refractivity contribution in [2.45, 2.75) is 13.5 Å². The highest BCUT2D eigenvalue weighted by Gasteiger charge is 2.27. The molecule has 1 fully saturated rings. The quantitative estimate of drug-likeness (QED) is 0.650. The van der Waals surface area contributed by atoms with Crippen LogP contribution < -0.4 is 10.2 Å². The van der Waals surface area contributed by atoms with Gasteiger partial charge in [-0.2, -0.15) is 5.10 Å². The number of hydrogen-bond acceptors (Lipinski definition) is 5. The van der Waals surface area contributed by atoms with Crippen LogP contribution in [0, 0.1) is 6.92 Å². The topological polar surface area (TPSA) is 78.7 Å². The largest absolute Gasteiger partial charge is 0.350 e. The predicted molar refractivity (Wildman–Crippen MR) is 94.2 cm³/mol. The number of aryl methyl sites for hydroxylation is 2. The van der Waals surface area contributed by atoms with Crippen molar-refractivity contribution in [2.75, 3.05) is 31.6 Å². The van der Waals surface area contributed by atoms with Crippen LogP contribution in [0.1, 0.15) is 10.7 Å². The monoisotopic (exact) mass is 347 g/mol. The number of aromatic nitrogens is 3. The molecule has 24 heavy (non-hydrogen) atoms. The highest BCUT2D eigenvalue weighted by atomic mass is 32.1. The molecule has 2 aromatic rings. The van der Waals surface area contributed by atoms with Crippen molar-refractivity contribution in [3.8, 4) is 0 Å². The number of rotatable bonds is 3. The van der Waals surface area contributed by atoms with Crippen molar-refractivity contribution in [1.29, 1.82) is 0 Å². The molecule has 0 aliphatic carbocycles. The maximum Gasteiger partial charge on any atom is 0.246 e. The number of guanidine groups is 1. The average molecular weight is 347 g/mol. The number of hydrogen-bond donors (Lipinski definition) is 1. The van der Waals surface area contributed by atoms with E-state index in [4.69, 9.17) is 0 Å². The van der Waals surface area contributed by atoms with Crippen LogP contribution >= 0.6 is 11.3 Å². The molecule has 1 aliphatic heterocycles. The third kappa shape index (κ3) is 3.56. The van der Waals surface area contributed by atoms with Crippen LogP contribution in [0.25, 0.3) is 0 Å². The third-order valence-corrected chi connectivity index (χ3v) is 4.77. The van der Waals surface area contributed by atoms with Crippen LogP contribution in [0.2, 0.25) is 0 Å². The smallest absolute Gasteiger partial charge is 0.246 e. The van der Waals surface area contributed by atoms with Crippen LogP contribution in [0.15, 0.2) is 22.8 Å². The van der Waals surface area contributed by atoms with E-state index >= 15 is 0 Å². The molecule has 0 spiro atoms. The second-order valence-electron chi connectivity index (χ2n) is 5.62. The van der Waals surface area contributed by atoms with Crippen LogP contribution in [-0.2, 0) is 18.4 Å². The summed E-state index contributed by atoms with van der Waals surface area (Å²) in [4.78, 5) is 24.9. The highest BCUT2D eigenvalue weighted by Crippen LogP contribution is 2.16. The minimum atomic E-state index is 0.0438. The normalized spacial score (nSPS) is 16.0. The number of nitrogens with one attached hydrogen (secondary N) is 1. The van der Waals surface area contributed by atoms with Crippen LogP contribution in [-0.4, -0.2) is 58.2 Å². The van der Waals surface area contributed by atoms with E-state index in [1.54, 1.807) is 34.2 Å². The van der Waals surface area contributed by atoms with Gasteiger partial charge in [-0.3, -0.25) is 14.5 Å². The Bertz CT molecular complexity index is 751. The summed E-state index contributed by atoms with van der Waals surface area (Å²) in [5.41, 5.74) is 1.86. The molecule has 3 rings (SSSR count). The van der Waals surface area contributed by atoms with Gasteiger partial charge in [0.05, 0.1) is 18.4 Å². The van der Waals surface area contributed by atoms with Crippen LogP contribution in [0.3, 0.4) is 0 Å². The van der Waals surface area contributed by atoms with E-state index in [0.717, 1.165) is 28.9 Å². The Morgan fingerprint density at radius 1 is 1.46 bits per heavy atom. The van der Waals surface area contributed by atoms with E-state index in [2.05, 4.69) is 20.4 Å². The van der Waals surface area contributed by atoms with Crippen molar-refractivity contribution in [2.24, 2.45) is 12.0 Å². The molecule has 3 heterocycles. The van der Waals surface area contributed by atoms with E-state index in [1.165, 1.54) is 0 Å². The van der Waals surface area contributed by atoms with Gasteiger partial charge in [0.25, 0.3) is 0 Å². The molecule has 1 amide bonds. The minimum absolute atomic E-state index is 0.0438. The van der Waals surface area contributed by atoms with Crippen LogP contribution in [0.5, 0.6) is 0 Å². The summed E-state index contributed by atoms with van der Waals surface area (Å²) >= 11 is 1.62. The second kappa shape index (κ2) is 7.00. The molecule has 0 bridgehead atoms. The molecule has 1 N–H and O–H groups in total. The summed E-state index contributed by atoms with van der Waals surface area (Å²) in [6, 6.07) is 0. The standard InChI is InChI=1S/C15H21N7OS/c1-11-10-24-13(19-11)7-17-15(16-2)21-4-5-22(14(23)9-21)12-6-18-20(3)8-12/h6,8,10H,4-5,7,9H2,1-3H3,(H,16,17). The van der Waals surface area contributed by atoms with Gasteiger partial charge in [-0.25, -0.2) is 4.98 Å². The number of aliphatic imine (C=N–C) groups is 1. The number of amides is 1. The SMILES string of the molecule is CN=C(NCc1nc(C)cs1)N1CCN(c2cnn(C)c2)C(=O)C1. The van der Waals surface area contributed by atoms with Crippen molar-refractivity contribution in [1.82, 2.24) is 25.0 Å². The van der Waals surface area contributed by atoms with Gasteiger partial charge in [0.1, 0.15) is 11.6 Å². The molecule has 1 aliphatic rings. The summed E-state index contributed by atoms with van der Waals surface area (Å²) in [7, 11) is 3.57. The zero-order valence-electron chi connectivity index (χ0n) is 14.1. The molecule has 1 saturated heterocycles. The fourth-order valence-corrected chi connectivity index (χ4v) is 3.36. The molecule has 128 valence electrons. The zero-order chi connectivity index (χ0) is 17.1. The van der Waals surface area contributed by atoms with Gasteiger partial charge in [-0.15, -0.1) is 11.3 Å². The van der Waals surface area contributed by atoms with Gasteiger partial charge in [0.15, 0.2) is 5.96 Å². The molecular weight excluding hydrogens is 326 g/mol. The van der Waals surface area contributed by atoms with Gasteiger partial charge < -0.3 is 15.1 Å². The molecule has 0 saturated carbocycles. The first kappa shape index (κ1) is 16.4. The van der Waals surface area contributed by atoms with E-state index in [-0.39, 0.29) is 5.91 Å². The predicted octanol–water partition coefficient (Wildman–Crippen LogP) is 0.609. The summed E-state index contributed by atoms with van der Waals surface area (Å²) in [6.07, 6.45) is 3.57. The van der Waals surface area contributed by atoms with E-state index in [9.17, 15) is 4.79 Å². The van der Waals surface area contributed by atoms with Crippen molar-refractivity contribution >= 4 is 28.9 Å². The lowest BCUT2D eigenvalue weighted by atomic mass is 10.3. The molecular formula is C15H21N7OS. The summed E-state index contributed by atoms with van der Waals surface area (Å²) < 4.78 is 1.70. The molecule has 8 nitrogen and oxygen atoms in total.